The number of benzene rings is 3. The highest BCUT2D eigenvalue weighted by Gasteiger charge is 2.32. The van der Waals surface area contributed by atoms with Gasteiger partial charge >= 0.3 is 0 Å². The predicted octanol–water partition coefficient (Wildman–Crippen LogP) is 4.73. The second-order valence-corrected chi connectivity index (χ2v) is 9.88. The van der Waals surface area contributed by atoms with Crippen LogP contribution in [0.1, 0.15) is 41.6 Å². The number of methoxy groups -OCH3 is 1. The highest BCUT2D eigenvalue weighted by molar-refractivity contribution is 7.07. The van der Waals surface area contributed by atoms with E-state index >= 15 is 0 Å². The van der Waals surface area contributed by atoms with Gasteiger partial charge in [0.2, 0.25) is 0 Å². The lowest BCUT2D eigenvalue weighted by Crippen LogP contribution is -2.38. The number of nitrogens with zero attached hydrogens (tertiary/aromatic N) is 2. The topological polar surface area (TPSA) is 52.8 Å². The maximum Gasteiger partial charge on any atom is 0.271 e. The molecule has 0 radical (unpaired) electrons. The second-order valence-electron chi connectivity index (χ2n) is 8.87. The average molecular weight is 495 g/mol. The minimum Gasteiger partial charge on any atom is -0.493 e. The summed E-state index contributed by atoms with van der Waals surface area (Å²) in [4.78, 5) is 19.7. The summed E-state index contributed by atoms with van der Waals surface area (Å²) in [6, 6.07) is 24.3. The Hall–Kier alpha value is -3.90. The molecule has 0 saturated carbocycles. The van der Waals surface area contributed by atoms with Gasteiger partial charge in [0.15, 0.2) is 16.3 Å². The molecule has 0 N–H and O–H groups in total. The third-order valence-electron chi connectivity index (χ3n) is 6.77. The molecule has 0 fully saturated rings. The van der Waals surface area contributed by atoms with Crippen LogP contribution >= 0.6 is 11.3 Å². The van der Waals surface area contributed by atoms with E-state index in [0.29, 0.717) is 22.6 Å². The van der Waals surface area contributed by atoms with Crippen molar-refractivity contribution in [2.45, 2.75) is 25.8 Å². The molecule has 180 valence electrons. The molecule has 36 heavy (non-hydrogen) atoms. The van der Waals surface area contributed by atoms with Crippen molar-refractivity contribution in [2.75, 3.05) is 13.7 Å². The maximum atomic E-state index is 13.9. The molecule has 6 heteroatoms. The number of ether oxygens (including phenoxy) is 2. The van der Waals surface area contributed by atoms with Crippen LogP contribution in [0.15, 0.2) is 88.2 Å². The molecule has 2 aliphatic rings. The van der Waals surface area contributed by atoms with Crippen molar-refractivity contribution in [3.63, 3.8) is 0 Å². The Kier molecular flexibility index (Phi) is 5.82. The molecule has 5 nitrogen and oxygen atoms in total. The summed E-state index contributed by atoms with van der Waals surface area (Å²) in [7, 11) is 1.62. The maximum absolute atomic E-state index is 13.9. The summed E-state index contributed by atoms with van der Waals surface area (Å²) in [5.41, 5.74) is 6.68. The number of hydrogen-bond acceptors (Lipinski definition) is 5. The van der Waals surface area contributed by atoms with Gasteiger partial charge in [-0.3, -0.25) is 9.36 Å². The molecule has 1 aliphatic heterocycles. The third kappa shape index (κ3) is 3.78. The molecule has 6 rings (SSSR count). The Morgan fingerprint density at radius 3 is 2.64 bits per heavy atom. The highest BCUT2D eigenvalue weighted by Crippen LogP contribution is 2.41. The van der Waals surface area contributed by atoms with Crippen LogP contribution < -0.4 is 24.4 Å². The minimum absolute atomic E-state index is 0.0215. The van der Waals surface area contributed by atoms with Crippen molar-refractivity contribution in [1.29, 1.82) is 0 Å². The van der Waals surface area contributed by atoms with Gasteiger partial charge < -0.3 is 9.47 Å². The summed E-state index contributed by atoms with van der Waals surface area (Å²) in [5.74, 6) is 1.33. The fourth-order valence-electron chi connectivity index (χ4n) is 5.16. The fraction of sp³-hybridized carbons (Fsp3) is 0.200. The zero-order valence-electron chi connectivity index (χ0n) is 20.2. The normalized spacial score (nSPS) is 16.6. The van der Waals surface area contributed by atoms with Gasteiger partial charge in [0, 0.05) is 5.56 Å². The smallest absolute Gasteiger partial charge is 0.271 e. The molecular weight excluding hydrogens is 468 g/mol. The number of rotatable bonds is 5. The van der Waals surface area contributed by atoms with Crippen LogP contribution in [0.5, 0.6) is 11.5 Å². The van der Waals surface area contributed by atoms with E-state index in [1.54, 1.807) is 7.11 Å². The number of aromatic nitrogens is 1. The summed E-state index contributed by atoms with van der Waals surface area (Å²) in [6.45, 7) is 2.47. The molecule has 2 heterocycles. The van der Waals surface area contributed by atoms with E-state index in [-0.39, 0.29) is 11.6 Å². The van der Waals surface area contributed by atoms with Crippen molar-refractivity contribution in [3.05, 3.63) is 120 Å². The Labute approximate surface area is 213 Å². The molecular formula is C30H26N2O3S. The van der Waals surface area contributed by atoms with E-state index in [1.807, 2.05) is 54.0 Å². The van der Waals surface area contributed by atoms with Crippen molar-refractivity contribution in [2.24, 2.45) is 4.99 Å². The zero-order chi connectivity index (χ0) is 24.6. The Morgan fingerprint density at radius 1 is 1.03 bits per heavy atom. The standard InChI is InChI=1S/C30H26N2O3S/c1-3-35-25-17-19(13-16-24(25)34-2)18-26-29(33)32-28(21-10-5-4-6-11-21)23-15-14-20-9-7-8-12-22(20)27(23)31-30(32)36-26/h4-13,16-18,28H,3,14-15H2,1-2H3/b26-18+. The van der Waals surface area contributed by atoms with Crippen LogP contribution in [-0.4, -0.2) is 18.3 Å². The Morgan fingerprint density at radius 2 is 1.83 bits per heavy atom. The van der Waals surface area contributed by atoms with Crippen molar-refractivity contribution in [3.8, 4) is 11.5 Å². The van der Waals surface area contributed by atoms with Gasteiger partial charge in [0.1, 0.15) is 0 Å². The summed E-state index contributed by atoms with van der Waals surface area (Å²) >= 11 is 1.44. The van der Waals surface area contributed by atoms with Crippen LogP contribution in [0.4, 0.5) is 0 Å². The summed E-state index contributed by atoms with van der Waals surface area (Å²) in [6.07, 6.45) is 3.75. The van der Waals surface area contributed by atoms with Crippen molar-refractivity contribution >= 4 is 23.1 Å². The van der Waals surface area contributed by atoms with Gasteiger partial charge in [0.05, 0.1) is 30.0 Å². The molecule has 1 aromatic heterocycles. The van der Waals surface area contributed by atoms with E-state index in [1.165, 1.54) is 28.0 Å². The lowest BCUT2D eigenvalue weighted by molar-refractivity contribution is 0.311. The number of aryl methyl sites for hydroxylation is 1. The number of fused-ring (bicyclic) bond motifs is 3. The van der Waals surface area contributed by atoms with Gasteiger partial charge in [-0.25, -0.2) is 4.99 Å². The Balaban J connectivity index is 1.56. The summed E-state index contributed by atoms with van der Waals surface area (Å²) in [5, 5.41) is 0. The van der Waals surface area contributed by atoms with E-state index in [2.05, 4.69) is 36.4 Å². The quantitative estimate of drug-likeness (QED) is 0.403. The highest BCUT2D eigenvalue weighted by atomic mass is 32.1. The molecule has 0 amide bonds. The number of hydrogen-bond donors (Lipinski definition) is 0. The molecule has 4 aromatic rings. The van der Waals surface area contributed by atoms with Crippen molar-refractivity contribution in [1.82, 2.24) is 4.57 Å². The molecule has 3 aromatic carbocycles. The van der Waals surface area contributed by atoms with Crippen molar-refractivity contribution < 1.29 is 9.47 Å². The largest absolute Gasteiger partial charge is 0.493 e. The minimum atomic E-state index is -0.164. The van der Waals surface area contributed by atoms with E-state index in [4.69, 9.17) is 14.5 Å². The zero-order valence-corrected chi connectivity index (χ0v) is 21.0. The first-order chi connectivity index (χ1) is 17.7. The van der Waals surface area contributed by atoms with Crippen LogP contribution in [0.3, 0.4) is 0 Å². The van der Waals surface area contributed by atoms with Crippen LogP contribution in [0.2, 0.25) is 0 Å². The summed E-state index contributed by atoms with van der Waals surface area (Å²) < 4.78 is 13.7. The fourth-order valence-corrected chi connectivity index (χ4v) is 6.16. The molecule has 0 bridgehead atoms. The first-order valence-electron chi connectivity index (χ1n) is 12.2. The second kappa shape index (κ2) is 9.28. The molecule has 0 saturated heterocycles. The average Bonchev–Trinajstić information content (AvgIpc) is 3.22. The first kappa shape index (κ1) is 22.6. The SMILES string of the molecule is CCOc1cc(/C=c2/sc3n(c2=O)C(c2ccccc2)C2=C(N=3)c3ccccc3CC2)ccc1OC. The lowest BCUT2D eigenvalue weighted by atomic mass is 9.83. The predicted molar refractivity (Wildman–Crippen MR) is 143 cm³/mol. The lowest BCUT2D eigenvalue weighted by Gasteiger charge is -2.30. The van der Waals surface area contributed by atoms with E-state index in [9.17, 15) is 4.79 Å². The first-order valence-corrected chi connectivity index (χ1v) is 13.0. The van der Waals surface area contributed by atoms with Crippen LogP contribution in [0.25, 0.3) is 11.8 Å². The molecule has 1 unspecified atom stereocenters. The monoisotopic (exact) mass is 494 g/mol. The van der Waals surface area contributed by atoms with Gasteiger partial charge in [-0.15, -0.1) is 0 Å². The van der Waals surface area contributed by atoms with Crippen LogP contribution in [0, 0.1) is 0 Å². The number of thiazole rings is 1. The molecule has 0 spiro atoms. The number of allylic oxidation sites excluding steroid dienone is 1. The van der Waals surface area contributed by atoms with Gasteiger partial charge in [0.25, 0.3) is 5.56 Å². The van der Waals surface area contributed by atoms with Gasteiger partial charge in [-0.2, -0.15) is 0 Å². The molecule has 1 aliphatic carbocycles. The van der Waals surface area contributed by atoms with E-state index < -0.39 is 0 Å². The molecule has 1 atom stereocenters. The van der Waals surface area contributed by atoms with E-state index in [0.717, 1.165) is 34.5 Å². The third-order valence-corrected chi connectivity index (χ3v) is 7.76. The van der Waals surface area contributed by atoms with Crippen LogP contribution in [-0.2, 0) is 6.42 Å². The van der Waals surface area contributed by atoms with Gasteiger partial charge in [-0.05, 0) is 60.2 Å². The Bertz CT molecular complexity index is 1660. The van der Waals surface area contributed by atoms with Gasteiger partial charge in [-0.1, -0.05) is 72.0 Å².